The van der Waals surface area contributed by atoms with Gasteiger partial charge in [-0.2, -0.15) is 83.1 Å². The zero-order valence-electron chi connectivity index (χ0n) is 18.3. The van der Waals surface area contributed by atoms with Crippen LogP contribution in [0.15, 0.2) is 0 Å². The van der Waals surface area contributed by atoms with Gasteiger partial charge < -0.3 is 4.74 Å². The monoisotopic (exact) mass is 710 g/mol. The predicted octanol–water partition coefficient (Wildman–Crippen LogP) is 8.22. The number of rotatable bonds is 10. The van der Waals surface area contributed by atoms with E-state index < -0.39 is 76.8 Å². The van der Waals surface area contributed by atoms with E-state index >= 15 is 0 Å². The second-order valence-electron chi connectivity index (χ2n) is 6.48. The highest BCUT2D eigenvalue weighted by molar-refractivity contribution is 7.87. The summed E-state index contributed by atoms with van der Waals surface area (Å²) in [6.45, 7) is -4.63. The molecule has 0 aliphatic heterocycles. The van der Waals surface area contributed by atoms with Crippen LogP contribution in [0.4, 0.5) is 92.2 Å². The number of alkyl halides is 21. The second kappa shape index (κ2) is 14.9. The summed E-state index contributed by atoms with van der Waals surface area (Å²) >= 11 is 0. The van der Waals surface area contributed by atoms with Crippen molar-refractivity contribution in [3.8, 4) is 0 Å². The Morgan fingerprint density at radius 3 is 1.17 bits per heavy atom. The van der Waals surface area contributed by atoms with E-state index in [1.807, 2.05) is 4.74 Å². The van der Waals surface area contributed by atoms with Crippen LogP contribution in [-0.2, 0) is 19.6 Å². The molecule has 1 N–H and O–H groups in total. The molecular weight excluding hydrogens is 691 g/mol. The predicted molar refractivity (Wildman–Crippen MR) is 96.4 cm³/mol. The Balaban J connectivity index is -0.000000403. The average Bonchev–Trinajstić information content (AvgIpc) is 2.70. The van der Waals surface area contributed by atoms with E-state index in [9.17, 15) is 101 Å². The molecule has 262 valence electrons. The molecule has 0 aromatic carbocycles. The summed E-state index contributed by atoms with van der Waals surface area (Å²) in [6, 6.07) is 0. The molecule has 0 heterocycles. The first-order valence-electron chi connectivity index (χ1n) is 8.31. The average molecular weight is 710 g/mol. The van der Waals surface area contributed by atoms with Crippen LogP contribution in [-0.4, -0.2) is 86.9 Å². The van der Waals surface area contributed by atoms with Crippen molar-refractivity contribution in [2.45, 2.75) is 75.2 Å². The molecule has 0 aliphatic rings. The number of hydrogen-bond donors (Lipinski definition) is 1. The minimum absolute atomic E-state index is 0. The first-order chi connectivity index (χ1) is 17.0. The zero-order chi connectivity index (χ0) is 33.8. The summed E-state index contributed by atoms with van der Waals surface area (Å²) in [7, 11) is -7.29. The lowest BCUT2D eigenvalue weighted by Crippen LogP contribution is -2.69. The standard InChI is InChI=1S/C9H3F17O5S.C3H5F3.CH3F.2CH4/c10-2(11,12)1-30-8(23,24)5(17,6(18,19)20)31-7(21,22)3(13,14)4(15,16)9(25,26)32(27,28)29;1-3(5,6)2-4;1-2;;/h1H2,(H,27,28,29);2H2,1H3;1H3;2*1H4. The van der Waals surface area contributed by atoms with Gasteiger partial charge in [0.05, 0.1) is 7.18 Å². The first kappa shape index (κ1) is 50.0. The highest BCUT2D eigenvalue weighted by atomic mass is 32.2. The van der Waals surface area contributed by atoms with Crippen LogP contribution in [0, 0.1) is 0 Å². The van der Waals surface area contributed by atoms with Gasteiger partial charge in [-0.25, -0.2) is 13.2 Å². The van der Waals surface area contributed by atoms with Crippen molar-refractivity contribution in [1.82, 2.24) is 0 Å². The van der Waals surface area contributed by atoms with Crippen LogP contribution in [0.3, 0.4) is 0 Å². The van der Waals surface area contributed by atoms with Gasteiger partial charge in [-0.05, 0) is 0 Å². The summed E-state index contributed by atoms with van der Waals surface area (Å²) in [5, 5.41) is -7.69. The molecule has 0 saturated heterocycles. The number of ether oxygens (including phenoxy) is 2. The molecular formula is C15H19F21O5S. The fraction of sp³-hybridized carbons (Fsp3) is 1.00. The molecule has 1 atom stereocenters. The highest BCUT2D eigenvalue weighted by Crippen LogP contribution is 2.58. The summed E-state index contributed by atoms with van der Waals surface area (Å²) in [5.74, 6) is -27.6. The lowest BCUT2D eigenvalue weighted by Gasteiger charge is -2.40. The zero-order valence-corrected chi connectivity index (χ0v) is 19.2. The van der Waals surface area contributed by atoms with Crippen LogP contribution in [0.1, 0.15) is 21.8 Å². The Morgan fingerprint density at radius 1 is 0.643 bits per heavy atom. The molecule has 1 unspecified atom stereocenters. The number of halogens is 21. The Morgan fingerprint density at radius 2 is 0.952 bits per heavy atom. The minimum atomic E-state index is -8.37. The molecule has 0 spiro atoms. The van der Waals surface area contributed by atoms with Crippen LogP contribution >= 0.6 is 0 Å². The maximum Gasteiger partial charge on any atom is 0.458 e. The first-order valence-corrected chi connectivity index (χ1v) is 9.75. The van der Waals surface area contributed by atoms with Gasteiger partial charge in [0.1, 0.15) is 6.61 Å². The van der Waals surface area contributed by atoms with E-state index in [0.29, 0.717) is 14.1 Å². The van der Waals surface area contributed by atoms with Gasteiger partial charge in [0.15, 0.2) is 6.67 Å². The van der Waals surface area contributed by atoms with Gasteiger partial charge >= 0.3 is 57.6 Å². The third-order valence-corrected chi connectivity index (χ3v) is 4.01. The van der Waals surface area contributed by atoms with Crippen molar-refractivity contribution in [1.29, 1.82) is 0 Å². The molecule has 42 heavy (non-hydrogen) atoms. The summed E-state index contributed by atoms with van der Waals surface area (Å²) in [6.07, 6.45) is -29.5. The molecule has 27 heteroatoms. The molecule has 0 aromatic rings. The second-order valence-corrected chi connectivity index (χ2v) is 7.94. The normalized spacial score (nSPS) is 15.5. The van der Waals surface area contributed by atoms with Crippen molar-refractivity contribution in [3.63, 3.8) is 0 Å². The van der Waals surface area contributed by atoms with Crippen molar-refractivity contribution in [3.05, 3.63) is 0 Å². The molecule has 0 aromatic heterocycles. The topological polar surface area (TPSA) is 72.8 Å². The van der Waals surface area contributed by atoms with Crippen LogP contribution in [0.2, 0.25) is 0 Å². The smallest absolute Gasteiger partial charge is 0.306 e. The lowest BCUT2D eigenvalue weighted by molar-refractivity contribution is -0.533. The maximum atomic E-state index is 13.6. The van der Waals surface area contributed by atoms with E-state index in [1.165, 1.54) is 4.74 Å². The van der Waals surface area contributed by atoms with E-state index in [-0.39, 0.29) is 14.9 Å². The van der Waals surface area contributed by atoms with Crippen molar-refractivity contribution < 1.29 is 115 Å². The van der Waals surface area contributed by atoms with Gasteiger partial charge in [-0.15, -0.1) is 0 Å². The van der Waals surface area contributed by atoms with E-state index in [0.717, 1.165) is 0 Å². The Labute approximate surface area is 221 Å². The van der Waals surface area contributed by atoms with Gasteiger partial charge in [0.2, 0.25) is 0 Å². The van der Waals surface area contributed by atoms with Crippen LogP contribution in [0.5, 0.6) is 0 Å². The van der Waals surface area contributed by atoms with E-state index in [1.54, 1.807) is 0 Å². The van der Waals surface area contributed by atoms with E-state index in [4.69, 9.17) is 4.55 Å². The van der Waals surface area contributed by atoms with Gasteiger partial charge in [0.25, 0.3) is 5.92 Å². The highest BCUT2D eigenvalue weighted by Gasteiger charge is 2.88. The minimum Gasteiger partial charge on any atom is -0.306 e. The maximum absolute atomic E-state index is 13.6. The fourth-order valence-electron chi connectivity index (χ4n) is 1.32. The largest absolute Gasteiger partial charge is 0.458 e. The molecule has 0 amide bonds. The van der Waals surface area contributed by atoms with Crippen molar-refractivity contribution in [2.75, 3.05) is 20.5 Å². The van der Waals surface area contributed by atoms with Crippen LogP contribution in [0.25, 0.3) is 0 Å². The van der Waals surface area contributed by atoms with Crippen LogP contribution < -0.4 is 0 Å². The Bertz CT molecular complexity index is 893. The van der Waals surface area contributed by atoms with Gasteiger partial charge in [-0.3, -0.25) is 13.7 Å². The van der Waals surface area contributed by atoms with Crippen molar-refractivity contribution >= 4 is 10.1 Å². The summed E-state index contributed by atoms with van der Waals surface area (Å²) in [4.78, 5) is 0. The molecule has 0 fully saturated rings. The summed E-state index contributed by atoms with van der Waals surface area (Å²) in [5.41, 5.74) is 0. The molecule has 0 rings (SSSR count). The molecule has 5 nitrogen and oxygen atoms in total. The quantitative estimate of drug-likeness (QED) is 0.183. The lowest BCUT2D eigenvalue weighted by atomic mass is 10.1. The van der Waals surface area contributed by atoms with Gasteiger partial charge in [-0.1, -0.05) is 14.9 Å². The Kier molecular flexibility index (Phi) is 17.7. The van der Waals surface area contributed by atoms with E-state index in [2.05, 4.69) is 0 Å². The van der Waals surface area contributed by atoms with Crippen molar-refractivity contribution in [2.24, 2.45) is 0 Å². The fourth-order valence-corrected chi connectivity index (χ4v) is 1.77. The Hall–Kier alpha value is -1.64. The molecule has 0 saturated carbocycles. The third-order valence-electron chi connectivity index (χ3n) is 3.11. The van der Waals surface area contributed by atoms with Gasteiger partial charge in [0, 0.05) is 6.92 Å². The molecule has 0 aliphatic carbocycles. The molecule has 0 bridgehead atoms. The summed E-state index contributed by atoms with van der Waals surface area (Å²) < 4.78 is 291. The number of hydrogen-bond acceptors (Lipinski definition) is 4. The third kappa shape index (κ3) is 11.5. The SMILES string of the molecule is C.C.CC(F)(F)CF.CF.O=S(=O)(O)C(F)(F)C(F)(F)C(F)(F)C(F)(F)OC(F)(C(F)(F)F)C(F)(F)OCC(F)(F)F. The molecule has 0 radical (unpaired) electrons.